The number of amides is 2. The van der Waals surface area contributed by atoms with Gasteiger partial charge in [0.1, 0.15) is 0 Å². The number of hydrogen-bond donors (Lipinski definition) is 1. The van der Waals surface area contributed by atoms with Crippen LogP contribution in [0, 0.1) is 5.92 Å². The Labute approximate surface area is 176 Å². The second-order valence-corrected chi connectivity index (χ2v) is 8.92. The number of aryl methyl sites for hydroxylation is 2. The van der Waals surface area contributed by atoms with Gasteiger partial charge in [0.15, 0.2) is 0 Å². The lowest BCUT2D eigenvalue weighted by Gasteiger charge is -2.26. The van der Waals surface area contributed by atoms with Crippen molar-refractivity contribution in [2.24, 2.45) is 5.92 Å². The first-order chi connectivity index (χ1) is 14.2. The van der Waals surface area contributed by atoms with Crippen LogP contribution in [0.4, 0.5) is 0 Å². The molecule has 4 rings (SSSR count). The SMILES string of the molecule is O=C(NCCCc1ccccc1)[C@H]1CCc2sc(C(=O)N3CCOCC3)cc2C1. The first-order valence-electron chi connectivity index (χ1n) is 10.5. The van der Waals surface area contributed by atoms with Crippen LogP contribution in [0.2, 0.25) is 0 Å². The van der Waals surface area contributed by atoms with Gasteiger partial charge in [-0.1, -0.05) is 30.3 Å². The number of carbonyl (C=O) groups is 2. The zero-order valence-electron chi connectivity index (χ0n) is 16.7. The summed E-state index contributed by atoms with van der Waals surface area (Å²) in [5, 5.41) is 3.11. The van der Waals surface area contributed by atoms with Crippen LogP contribution in [-0.2, 0) is 28.8 Å². The van der Waals surface area contributed by atoms with Gasteiger partial charge in [-0.05, 0) is 49.3 Å². The van der Waals surface area contributed by atoms with Crippen LogP contribution < -0.4 is 5.32 Å². The van der Waals surface area contributed by atoms with Crippen molar-refractivity contribution in [2.75, 3.05) is 32.8 Å². The minimum Gasteiger partial charge on any atom is -0.378 e. The van der Waals surface area contributed by atoms with Crippen molar-refractivity contribution in [3.8, 4) is 0 Å². The Hall–Kier alpha value is -2.18. The number of morpholine rings is 1. The Morgan fingerprint density at radius 3 is 2.76 bits per heavy atom. The van der Waals surface area contributed by atoms with E-state index in [0.717, 1.165) is 37.0 Å². The summed E-state index contributed by atoms with van der Waals surface area (Å²) in [5.74, 6) is 0.269. The summed E-state index contributed by atoms with van der Waals surface area (Å²) in [6.45, 7) is 3.26. The maximum Gasteiger partial charge on any atom is 0.264 e. The highest BCUT2D eigenvalue weighted by molar-refractivity contribution is 7.14. The highest BCUT2D eigenvalue weighted by Crippen LogP contribution is 2.33. The summed E-state index contributed by atoms with van der Waals surface area (Å²) in [6.07, 6.45) is 4.42. The van der Waals surface area contributed by atoms with Crippen molar-refractivity contribution < 1.29 is 14.3 Å². The van der Waals surface area contributed by atoms with Crippen molar-refractivity contribution in [3.63, 3.8) is 0 Å². The van der Waals surface area contributed by atoms with E-state index in [1.807, 2.05) is 29.2 Å². The molecule has 2 heterocycles. The van der Waals surface area contributed by atoms with Crippen molar-refractivity contribution in [3.05, 3.63) is 57.3 Å². The van der Waals surface area contributed by atoms with E-state index in [1.165, 1.54) is 16.0 Å². The number of thiophene rings is 1. The van der Waals surface area contributed by atoms with Crippen molar-refractivity contribution >= 4 is 23.2 Å². The van der Waals surface area contributed by atoms with E-state index in [2.05, 4.69) is 17.4 Å². The zero-order chi connectivity index (χ0) is 20.1. The Balaban J connectivity index is 1.27. The molecule has 1 aliphatic heterocycles. The molecule has 6 heteroatoms. The van der Waals surface area contributed by atoms with Crippen molar-refractivity contribution in [1.29, 1.82) is 0 Å². The summed E-state index contributed by atoms with van der Waals surface area (Å²) in [4.78, 5) is 29.3. The average Bonchev–Trinajstić information content (AvgIpc) is 3.21. The van der Waals surface area contributed by atoms with E-state index < -0.39 is 0 Å². The van der Waals surface area contributed by atoms with Crippen molar-refractivity contribution in [1.82, 2.24) is 10.2 Å². The molecule has 1 atom stereocenters. The number of ether oxygens (including phenoxy) is 1. The predicted molar refractivity (Wildman–Crippen MR) is 114 cm³/mol. The lowest BCUT2D eigenvalue weighted by atomic mass is 9.87. The Morgan fingerprint density at radius 1 is 1.17 bits per heavy atom. The molecule has 1 saturated heterocycles. The number of fused-ring (bicyclic) bond motifs is 1. The van der Waals surface area contributed by atoms with Gasteiger partial charge in [0.05, 0.1) is 18.1 Å². The first kappa shape index (κ1) is 20.1. The number of hydrogen-bond acceptors (Lipinski definition) is 4. The fraction of sp³-hybridized carbons (Fsp3) is 0.478. The van der Waals surface area contributed by atoms with Gasteiger partial charge in [0.2, 0.25) is 5.91 Å². The number of benzene rings is 1. The van der Waals surface area contributed by atoms with Gasteiger partial charge in [-0.3, -0.25) is 9.59 Å². The third-order valence-electron chi connectivity index (χ3n) is 5.75. The third-order valence-corrected chi connectivity index (χ3v) is 6.97. The van der Waals surface area contributed by atoms with Gasteiger partial charge in [-0.15, -0.1) is 11.3 Å². The van der Waals surface area contributed by atoms with Crippen LogP contribution in [0.5, 0.6) is 0 Å². The summed E-state index contributed by atoms with van der Waals surface area (Å²) in [5.41, 5.74) is 2.49. The van der Waals surface area contributed by atoms with E-state index in [0.29, 0.717) is 32.8 Å². The van der Waals surface area contributed by atoms with Crippen LogP contribution >= 0.6 is 11.3 Å². The minimum atomic E-state index is 0.0140. The van der Waals surface area contributed by atoms with E-state index in [1.54, 1.807) is 11.3 Å². The summed E-state index contributed by atoms with van der Waals surface area (Å²) in [7, 11) is 0. The van der Waals surface area contributed by atoms with Gasteiger partial charge in [0, 0.05) is 30.4 Å². The van der Waals surface area contributed by atoms with Crippen LogP contribution in [-0.4, -0.2) is 49.6 Å². The molecule has 5 nitrogen and oxygen atoms in total. The fourth-order valence-electron chi connectivity index (χ4n) is 4.07. The largest absolute Gasteiger partial charge is 0.378 e. The zero-order valence-corrected chi connectivity index (χ0v) is 17.5. The van der Waals surface area contributed by atoms with Gasteiger partial charge in [0.25, 0.3) is 5.91 Å². The van der Waals surface area contributed by atoms with Gasteiger partial charge < -0.3 is 15.0 Å². The lowest BCUT2D eigenvalue weighted by Crippen LogP contribution is -2.40. The molecule has 1 aromatic carbocycles. The fourth-order valence-corrected chi connectivity index (χ4v) is 5.24. The second-order valence-electron chi connectivity index (χ2n) is 7.78. The van der Waals surface area contributed by atoms with Crippen LogP contribution in [0.3, 0.4) is 0 Å². The molecule has 29 heavy (non-hydrogen) atoms. The molecule has 154 valence electrons. The molecule has 2 aromatic rings. The molecule has 2 amide bonds. The van der Waals surface area contributed by atoms with E-state index in [4.69, 9.17) is 4.74 Å². The minimum absolute atomic E-state index is 0.0140. The van der Waals surface area contributed by atoms with E-state index in [9.17, 15) is 9.59 Å². The predicted octanol–water partition coefficient (Wildman–Crippen LogP) is 3.07. The quantitative estimate of drug-likeness (QED) is 0.742. The van der Waals surface area contributed by atoms with Gasteiger partial charge >= 0.3 is 0 Å². The summed E-state index contributed by atoms with van der Waals surface area (Å²) in [6, 6.07) is 12.4. The molecule has 0 bridgehead atoms. The van der Waals surface area contributed by atoms with Gasteiger partial charge in [-0.2, -0.15) is 0 Å². The van der Waals surface area contributed by atoms with E-state index >= 15 is 0 Å². The van der Waals surface area contributed by atoms with Crippen LogP contribution in [0.1, 0.15) is 38.5 Å². The monoisotopic (exact) mass is 412 g/mol. The molecule has 0 radical (unpaired) electrons. The lowest BCUT2D eigenvalue weighted by molar-refractivity contribution is -0.125. The average molecular weight is 413 g/mol. The molecule has 1 aliphatic carbocycles. The second kappa shape index (κ2) is 9.55. The van der Waals surface area contributed by atoms with Crippen LogP contribution in [0.25, 0.3) is 0 Å². The molecule has 2 aliphatic rings. The normalized spacial score (nSPS) is 18.9. The summed E-state index contributed by atoms with van der Waals surface area (Å²) < 4.78 is 5.34. The Kier molecular flexibility index (Phi) is 6.62. The van der Waals surface area contributed by atoms with E-state index in [-0.39, 0.29) is 17.7 Å². The molecule has 1 N–H and O–H groups in total. The molecule has 1 fully saturated rings. The molecular weight excluding hydrogens is 384 g/mol. The van der Waals surface area contributed by atoms with Crippen LogP contribution in [0.15, 0.2) is 36.4 Å². The topological polar surface area (TPSA) is 58.6 Å². The maximum absolute atomic E-state index is 12.7. The van der Waals surface area contributed by atoms with Crippen molar-refractivity contribution in [2.45, 2.75) is 32.1 Å². The molecule has 0 saturated carbocycles. The molecule has 1 aromatic heterocycles. The standard InChI is InChI=1S/C23H28N2O3S/c26-22(24-10-4-7-17-5-2-1-3-6-17)18-8-9-20-19(15-18)16-21(29-20)23(27)25-11-13-28-14-12-25/h1-3,5-6,16,18H,4,7-15H2,(H,24,26)/t18-/m0/s1. The third kappa shape index (κ3) is 5.06. The summed E-state index contributed by atoms with van der Waals surface area (Å²) >= 11 is 1.61. The highest BCUT2D eigenvalue weighted by Gasteiger charge is 2.28. The Bertz CT molecular complexity index is 843. The Morgan fingerprint density at radius 2 is 1.97 bits per heavy atom. The number of nitrogens with one attached hydrogen (secondary N) is 1. The highest BCUT2D eigenvalue weighted by atomic mass is 32.1. The molecule has 0 unspecified atom stereocenters. The van der Waals surface area contributed by atoms with Gasteiger partial charge in [-0.25, -0.2) is 0 Å². The number of carbonyl (C=O) groups excluding carboxylic acids is 2. The number of nitrogens with zero attached hydrogens (tertiary/aromatic N) is 1. The smallest absolute Gasteiger partial charge is 0.264 e. The molecular formula is C23H28N2O3S. The molecule has 0 spiro atoms. The number of rotatable bonds is 6. The maximum atomic E-state index is 12.7. The first-order valence-corrected chi connectivity index (χ1v) is 11.3.